The number of fused-ring (bicyclic) bond motifs is 1. The number of methoxy groups -OCH3 is 1. The Kier molecular flexibility index (Phi) is 3.84. The summed E-state index contributed by atoms with van der Waals surface area (Å²) in [7, 11) is 1.64. The number of nitrogens with one attached hydrogen (secondary N) is 1. The van der Waals surface area contributed by atoms with E-state index in [9.17, 15) is 0 Å². The lowest BCUT2D eigenvalue weighted by Gasteiger charge is -2.02. The Morgan fingerprint density at radius 2 is 2.23 bits per heavy atom. The molecule has 1 aromatic carbocycles. The molecule has 3 rings (SSSR count). The van der Waals surface area contributed by atoms with Crippen LogP contribution in [-0.4, -0.2) is 33.7 Å². The molecule has 0 radical (unpaired) electrons. The van der Waals surface area contributed by atoms with Crippen molar-refractivity contribution in [2.24, 2.45) is 0 Å². The molecule has 2 heterocycles. The molecule has 118 valence electrons. The summed E-state index contributed by atoms with van der Waals surface area (Å²) in [5.74, 6) is 0.965. The van der Waals surface area contributed by atoms with E-state index in [1.54, 1.807) is 13.3 Å². The first kappa shape index (κ1) is 14.2. The van der Waals surface area contributed by atoms with Gasteiger partial charge >= 0.3 is 0 Å². The Labute approximate surface area is 132 Å². The van der Waals surface area contributed by atoms with Gasteiger partial charge in [0.15, 0.2) is 11.6 Å². The van der Waals surface area contributed by atoms with E-state index >= 15 is 0 Å². The van der Waals surface area contributed by atoms with Crippen molar-refractivity contribution in [3.05, 3.63) is 41.7 Å². The zero-order valence-corrected chi connectivity index (χ0v) is 12.5. The summed E-state index contributed by atoms with van der Waals surface area (Å²) in [5.41, 5.74) is 10.2. The predicted octanol–water partition coefficient (Wildman–Crippen LogP) is 3.31. The molecular weight excluding hydrogens is 278 g/mol. The quantitative estimate of drug-likeness (QED) is 0.771. The second kappa shape index (κ2) is 5.95. The smallest absolute Gasteiger partial charge is 0.161 e. The van der Waals surface area contributed by atoms with Gasteiger partial charge in [-0.2, -0.15) is 0 Å². The van der Waals surface area contributed by atoms with E-state index < -0.39 is 0 Å². The third kappa shape index (κ3) is 2.82. The molecule has 0 unspecified atom stereocenters. The minimum atomic E-state index is 0. The number of nitrogens with zero attached hydrogens (tertiary/aromatic N) is 3. The van der Waals surface area contributed by atoms with Gasteiger partial charge in [0.2, 0.25) is 0 Å². The molecule has 0 aliphatic rings. The van der Waals surface area contributed by atoms with Crippen LogP contribution in [0.2, 0.25) is 0 Å². The lowest BCUT2D eigenvalue weighted by atomic mass is 10.2. The van der Waals surface area contributed by atoms with Crippen LogP contribution < -0.4 is 5.73 Å². The summed E-state index contributed by atoms with van der Waals surface area (Å²) in [6, 6.07) is 6.03. The molecule has 0 amide bonds. The number of aryl methyl sites for hydroxylation is 1. The lowest BCUT2D eigenvalue weighted by molar-refractivity contribution is 0.234. The maximum Gasteiger partial charge on any atom is 0.161 e. The Balaban J connectivity index is 0.00000192. The van der Waals surface area contributed by atoms with Crippen molar-refractivity contribution in [3.63, 3.8) is 0 Å². The number of ether oxygens (including phenoxy) is 1. The highest BCUT2D eigenvalue weighted by Gasteiger charge is 2.11. The van der Waals surface area contributed by atoms with Crippen molar-refractivity contribution >= 4 is 22.9 Å². The van der Waals surface area contributed by atoms with Crippen molar-refractivity contribution < 1.29 is 9.02 Å². The predicted molar refractivity (Wildman–Crippen MR) is 93.5 cm³/mol. The molecule has 2 aromatic heterocycles. The van der Waals surface area contributed by atoms with Gasteiger partial charge in [0.25, 0.3) is 0 Å². The molecule has 0 saturated carbocycles. The molecule has 6 nitrogen and oxygen atoms in total. The summed E-state index contributed by atoms with van der Waals surface area (Å²) in [4.78, 5) is 16.5. The largest absolute Gasteiger partial charge is 0.382 e. The highest BCUT2D eigenvalue weighted by Crippen LogP contribution is 2.23. The first-order valence-electron chi connectivity index (χ1n) is 6.92. The van der Waals surface area contributed by atoms with Crippen molar-refractivity contribution in [1.29, 1.82) is 0 Å². The SMILES string of the molecule is COC/C=C/c1cnc(N)c(-c2nc3ccc(C)cc3[nH]2)n1.[HH].[HH].[HH]. The summed E-state index contributed by atoms with van der Waals surface area (Å²) in [6.07, 6.45) is 5.33. The molecule has 0 aliphatic carbocycles. The number of imidazole rings is 1. The Morgan fingerprint density at radius 3 is 3.05 bits per heavy atom. The first-order valence-corrected chi connectivity index (χ1v) is 6.92. The zero-order valence-electron chi connectivity index (χ0n) is 12.5. The third-order valence-corrected chi connectivity index (χ3v) is 3.23. The second-order valence-electron chi connectivity index (χ2n) is 4.99. The van der Waals surface area contributed by atoms with Gasteiger partial charge in [0, 0.05) is 11.4 Å². The maximum absolute atomic E-state index is 5.95. The Morgan fingerprint density at radius 1 is 1.36 bits per heavy atom. The van der Waals surface area contributed by atoms with Gasteiger partial charge in [-0.25, -0.2) is 15.0 Å². The fourth-order valence-electron chi connectivity index (χ4n) is 2.17. The number of aromatic nitrogens is 4. The molecule has 0 aliphatic heterocycles. The monoisotopic (exact) mass is 301 g/mol. The van der Waals surface area contributed by atoms with Crippen molar-refractivity contribution in [3.8, 4) is 11.5 Å². The molecule has 6 heteroatoms. The van der Waals surface area contributed by atoms with E-state index in [-0.39, 0.29) is 4.28 Å². The van der Waals surface area contributed by atoms with Crippen LogP contribution in [-0.2, 0) is 4.74 Å². The summed E-state index contributed by atoms with van der Waals surface area (Å²) in [5, 5.41) is 0. The topological polar surface area (TPSA) is 89.7 Å². The van der Waals surface area contributed by atoms with Crippen LogP contribution in [0.15, 0.2) is 30.5 Å². The number of rotatable bonds is 4. The highest BCUT2D eigenvalue weighted by atomic mass is 16.5. The summed E-state index contributed by atoms with van der Waals surface area (Å²) >= 11 is 0. The lowest BCUT2D eigenvalue weighted by Crippen LogP contribution is -1.99. The van der Waals surface area contributed by atoms with Gasteiger partial charge in [-0.1, -0.05) is 12.1 Å². The fraction of sp³-hybridized carbons (Fsp3) is 0.188. The van der Waals surface area contributed by atoms with Crippen LogP contribution in [0.5, 0.6) is 0 Å². The van der Waals surface area contributed by atoms with Crippen molar-refractivity contribution in [1.82, 2.24) is 19.9 Å². The van der Waals surface area contributed by atoms with Crippen LogP contribution in [0, 0.1) is 6.92 Å². The van der Waals surface area contributed by atoms with Crippen LogP contribution in [0.4, 0.5) is 5.82 Å². The molecule has 0 bridgehead atoms. The molecule has 0 fully saturated rings. The van der Waals surface area contributed by atoms with Gasteiger partial charge in [-0.15, -0.1) is 0 Å². The molecule has 0 saturated heterocycles. The molecule has 0 spiro atoms. The summed E-state index contributed by atoms with van der Waals surface area (Å²) < 4.78 is 4.98. The summed E-state index contributed by atoms with van der Waals surface area (Å²) in [6.45, 7) is 2.56. The van der Waals surface area contributed by atoms with Crippen LogP contribution in [0.25, 0.3) is 28.6 Å². The Bertz CT molecular complexity index is 851. The van der Waals surface area contributed by atoms with Crippen LogP contribution >= 0.6 is 0 Å². The van der Waals surface area contributed by atoms with Gasteiger partial charge < -0.3 is 15.5 Å². The minimum absolute atomic E-state index is 0. The Hall–Kier alpha value is -2.73. The number of benzene rings is 1. The number of hydrogen-bond acceptors (Lipinski definition) is 5. The van der Waals surface area contributed by atoms with Gasteiger partial charge in [0.05, 0.1) is 29.5 Å². The second-order valence-corrected chi connectivity index (χ2v) is 4.99. The fourth-order valence-corrected chi connectivity index (χ4v) is 2.17. The number of hydrogen-bond donors (Lipinski definition) is 2. The minimum Gasteiger partial charge on any atom is -0.382 e. The number of H-pyrrole nitrogens is 1. The number of nitrogens with two attached hydrogens (primary N) is 1. The van der Waals surface area contributed by atoms with E-state index in [2.05, 4.69) is 19.9 Å². The van der Waals surface area contributed by atoms with Gasteiger partial charge in [-0.05, 0) is 30.7 Å². The van der Waals surface area contributed by atoms with E-state index in [4.69, 9.17) is 10.5 Å². The van der Waals surface area contributed by atoms with Crippen LogP contribution in [0.1, 0.15) is 15.5 Å². The maximum atomic E-state index is 5.95. The molecule has 22 heavy (non-hydrogen) atoms. The van der Waals surface area contributed by atoms with Crippen molar-refractivity contribution in [2.75, 3.05) is 19.5 Å². The standard InChI is InChI=1S/C16H17N5O.3H2/c1-10-5-6-12-13(8-10)21-16(20-12)14-15(17)18-9-11(19-14)4-3-7-22-2;;;/h3-6,8-9H,7H2,1-2H3,(H2,17,18)(H,20,21);3*1H/b4-3+;;;. The number of aromatic amines is 1. The van der Waals surface area contributed by atoms with E-state index in [0.717, 1.165) is 16.6 Å². The molecule has 3 aromatic rings. The van der Waals surface area contributed by atoms with E-state index in [0.29, 0.717) is 29.6 Å². The third-order valence-electron chi connectivity index (χ3n) is 3.23. The molecule has 3 N–H and O–H groups in total. The first-order chi connectivity index (χ1) is 10.7. The van der Waals surface area contributed by atoms with Gasteiger partial charge in [-0.3, -0.25) is 0 Å². The van der Waals surface area contributed by atoms with Crippen molar-refractivity contribution in [2.45, 2.75) is 6.92 Å². The number of nitrogen functional groups attached to an aromatic ring is 1. The molecule has 0 atom stereocenters. The van der Waals surface area contributed by atoms with E-state index in [1.807, 2.05) is 37.3 Å². The highest BCUT2D eigenvalue weighted by molar-refractivity contribution is 5.81. The zero-order chi connectivity index (χ0) is 15.5. The van der Waals surface area contributed by atoms with E-state index in [1.165, 1.54) is 0 Å². The number of anilines is 1. The van der Waals surface area contributed by atoms with Gasteiger partial charge in [0.1, 0.15) is 5.69 Å². The normalized spacial score (nSPS) is 11.5. The average molecular weight is 301 g/mol. The average Bonchev–Trinajstić information content (AvgIpc) is 2.92. The molecular formula is C16H23N5O. The van der Waals surface area contributed by atoms with Crippen LogP contribution in [0.3, 0.4) is 0 Å².